The molecule has 0 saturated heterocycles. The molecule has 0 spiro atoms. The second-order valence-corrected chi connectivity index (χ2v) is 5.42. The van der Waals surface area contributed by atoms with Crippen LogP contribution in [0.4, 0.5) is 0 Å². The maximum absolute atomic E-state index is 9.26. The van der Waals surface area contributed by atoms with Crippen molar-refractivity contribution in [1.82, 2.24) is 14.8 Å². The van der Waals surface area contributed by atoms with E-state index in [1.54, 1.807) is 10.9 Å². The third-order valence-corrected chi connectivity index (χ3v) is 3.01. The van der Waals surface area contributed by atoms with Gasteiger partial charge in [-0.05, 0) is 46.2 Å². The summed E-state index contributed by atoms with van der Waals surface area (Å²) in [6, 6.07) is 3.79. The van der Waals surface area contributed by atoms with Crippen LogP contribution in [0.3, 0.4) is 0 Å². The van der Waals surface area contributed by atoms with Crippen LogP contribution in [0.5, 0.6) is 0 Å². The first-order chi connectivity index (χ1) is 8.10. The van der Waals surface area contributed by atoms with Crippen molar-refractivity contribution in [2.75, 3.05) is 0 Å². The first-order valence-electron chi connectivity index (χ1n) is 5.42. The SMILES string of the molecule is CC(C)c1cc(CO)cc(-n2cc(I)cn2)n1. The van der Waals surface area contributed by atoms with Crippen molar-refractivity contribution in [3.63, 3.8) is 0 Å². The van der Waals surface area contributed by atoms with E-state index in [9.17, 15) is 5.11 Å². The zero-order chi connectivity index (χ0) is 12.4. The molecule has 2 aromatic rings. The van der Waals surface area contributed by atoms with Crippen molar-refractivity contribution < 1.29 is 5.11 Å². The predicted octanol–water partition coefficient (Wildman–Crippen LogP) is 2.49. The molecule has 0 aliphatic carbocycles. The van der Waals surface area contributed by atoms with Gasteiger partial charge in [-0.25, -0.2) is 9.67 Å². The Kier molecular flexibility index (Phi) is 3.78. The molecule has 90 valence electrons. The minimum atomic E-state index is 0.0214. The van der Waals surface area contributed by atoms with Crippen LogP contribution in [0.2, 0.25) is 0 Å². The smallest absolute Gasteiger partial charge is 0.153 e. The summed E-state index contributed by atoms with van der Waals surface area (Å²) in [5, 5.41) is 13.5. The third-order valence-electron chi connectivity index (χ3n) is 2.45. The zero-order valence-electron chi connectivity index (χ0n) is 9.76. The van der Waals surface area contributed by atoms with Gasteiger partial charge in [-0.15, -0.1) is 0 Å². The molecule has 0 fully saturated rings. The molecule has 1 N–H and O–H groups in total. The summed E-state index contributed by atoms with van der Waals surface area (Å²) in [5.41, 5.74) is 1.83. The highest BCUT2D eigenvalue weighted by molar-refractivity contribution is 14.1. The second-order valence-electron chi connectivity index (χ2n) is 4.17. The first-order valence-corrected chi connectivity index (χ1v) is 6.50. The molecule has 0 atom stereocenters. The molecule has 0 aliphatic rings. The Hall–Kier alpha value is -0.950. The molecule has 2 rings (SSSR count). The lowest BCUT2D eigenvalue weighted by Crippen LogP contribution is -2.04. The lowest BCUT2D eigenvalue weighted by molar-refractivity contribution is 0.281. The van der Waals surface area contributed by atoms with Crippen LogP contribution in [-0.4, -0.2) is 19.9 Å². The summed E-state index contributed by atoms with van der Waals surface area (Å²) in [5.74, 6) is 1.08. The summed E-state index contributed by atoms with van der Waals surface area (Å²) in [7, 11) is 0. The summed E-state index contributed by atoms with van der Waals surface area (Å²) in [4.78, 5) is 4.55. The number of hydrogen-bond donors (Lipinski definition) is 1. The quantitative estimate of drug-likeness (QED) is 0.872. The number of halogens is 1. The molecule has 0 saturated carbocycles. The van der Waals surface area contributed by atoms with Crippen molar-refractivity contribution >= 4 is 22.6 Å². The molecule has 0 bridgehead atoms. The van der Waals surface area contributed by atoms with Crippen LogP contribution in [0.25, 0.3) is 5.82 Å². The van der Waals surface area contributed by atoms with Crippen LogP contribution in [0, 0.1) is 3.57 Å². The predicted molar refractivity (Wildman–Crippen MR) is 74.1 cm³/mol. The molecule has 0 amide bonds. The summed E-state index contributed by atoms with van der Waals surface area (Å²) in [6.45, 7) is 4.19. The van der Waals surface area contributed by atoms with Gasteiger partial charge in [-0.1, -0.05) is 13.8 Å². The van der Waals surface area contributed by atoms with Gasteiger partial charge in [0.05, 0.1) is 16.4 Å². The molecule has 0 unspecified atom stereocenters. The normalized spacial score (nSPS) is 11.1. The number of rotatable bonds is 3. The minimum Gasteiger partial charge on any atom is -0.392 e. The average molecular weight is 343 g/mol. The molecular formula is C12H14IN3O. The topological polar surface area (TPSA) is 50.9 Å². The fraction of sp³-hybridized carbons (Fsp3) is 0.333. The summed E-state index contributed by atoms with van der Waals surface area (Å²) < 4.78 is 2.79. The van der Waals surface area contributed by atoms with Gasteiger partial charge in [-0.3, -0.25) is 0 Å². The maximum Gasteiger partial charge on any atom is 0.153 e. The van der Waals surface area contributed by atoms with E-state index in [1.165, 1.54) is 0 Å². The molecule has 0 aliphatic heterocycles. The first kappa shape index (κ1) is 12.5. The highest BCUT2D eigenvalue weighted by atomic mass is 127. The summed E-state index contributed by atoms with van der Waals surface area (Å²) in [6.07, 6.45) is 3.69. The van der Waals surface area contributed by atoms with Gasteiger partial charge in [0.2, 0.25) is 0 Å². The van der Waals surface area contributed by atoms with Crippen molar-refractivity contribution in [3.05, 3.63) is 39.4 Å². The molecule has 2 aromatic heterocycles. The average Bonchev–Trinajstić information content (AvgIpc) is 2.75. The van der Waals surface area contributed by atoms with Crippen LogP contribution in [0.1, 0.15) is 31.0 Å². The Bertz CT molecular complexity index is 522. The van der Waals surface area contributed by atoms with Crippen LogP contribution in [-0.2, 0) is 6.61 Å². The number of hydrogen-bond acceptors (Lipinski definition) is 3. The molecular weight excluding hydrogens is 329 g/mol. The number of aliphatic hydroxyl groups is 1. The van der Waals surface area contributed by atoms with Crippen molar-refractivity contribution in [2.24, 2.45) is 0 Å². The second kappa shape index (κ2) is 5.14. The fourth-order valence-electron chi connectivity index (χ4n) is 1.52. The molecule has 0 radical (unpaired) electrons. The van der Waals surface area contributed by atoms with Crippen LogP contribution >= 0.6 is 22.6 Å². The van der Waals surface area contributed by atoms with Gasteiger partial charge in [0.1, 0.15) is 0 Å². The van der Waals surface area contributed by atoms with E-state index in [0.29, 0.717) is 5.92 Å². The molecule has 5 heteroatoms. The highest BCUT2D eigenvalue weighted by Crippen LogP contribution is 2.17. The van der Waals surface area contributed by atoms with Gasteiger partial charge in [-0.2, -0.15) is 5.10 Å². The largest absolute Gasteiger partial charge is 0.392 e. The Morgan fingerprint density at radius 3 is 2.71 bits per heavy atom. The Morgan fingerprint density at radius 2 is 2.18 bits per heavy atom. The van der Waals surface area contributed by atoms with Gasteiger partial charge in [0, 0.05) is 11.9 Å². The number of aromatic nitrogens is 3. The van der Waals surface area contributed by atoms with Gasteiger partial charge >= 0.3 is 0 Å². The van der Waals surface area contributed by atoms with E-state index >= 15 is 0 Å². The Labute approximate surface area is 114 Å². The van der Waals surface area contributed by atoms with Gasteiger partial charge in [0.15, 0.2) is 5.82 Å². The molecule has 4 nitrogen and oxygen atoms in total. The number of nitrogens with zero attached hydrogens (tertiary/aromatic N) is 3. The third kappa shape index (κ3) is 2.84. The van der Waals surface area contributed by atoms with E-state index in [0.717, 1.165) is 20.6 Å². The van der Waals surface area contributed by atoms with E-state index < -0.39 is 0 Å². The standard InChI is InChI=1S/C12H14IN3O/c1-8(2)11-3-9(7-17)4-12(15-11)16-6-10(13)5-14-16/h3-6,8,17H,7H2,1-2H3. The molecule has 2 heterocycles. The van der Waals surface area contributed by atoms with E-state index in [4.69, 9.17) is 0 Å². The Morgan fingerprint density at radius 1 is 1.41 bits per heavy atom. The van der Waals surface area contributed by atoms with Crippen LogP contribution in [0.15, 0.2) is 24.5 Å². The van der Waals surface area contributed by atoms with E-state index in [2.05, 4.69) is 46.5 Å². The lowest BCUT2D eigenvalue weighted by Gasteiger charge is -2.09. The van der Waals surface area contributed by atoms with Crippen molar-refractivity contribution in [3.8, 4) is 5.82 Å². The highest BCUT2D eigenvalue weighted by Gasteiger charge is 2.08. The van der Waals surface area contributed by atoms with Crippen LogP contribution < -0.4 is 0 Å². The maximum atomic E-state index is 9.26. The van der Waals surface area contributed by atoms with Gasteiger partial charge in [0.25, 0.3) is 0 Å². The Balaban J connectivity index is 2.49. The molecule has 17 heavy (non-hydrogen) atoms. The lowest BCUT2D eigenvalue weighted by atomic mass is 10.1. The number of aliphatic hydroxyl groups excluding tert-OH is 1. The van der Waals surface area contributed by atoms with Crippen molar-refractivity contribution in [2.45, 2.75) is 26.4 Å². The number of pyridine rings is 1. The fourth-order valence-corrected chi connectivity index (χ4v) is 1.91. The zero-order valence-corrected chi connectivity index (χ0v) is 11.9. The van der Waals surface area contributed by atoms with E-state index in [-0.39, 0.29) is 6.61 Å². The summed E-state index contributed by atoms with van der Waals surface area (Å²) >= 11 is 2.21. The monoisotopic (exact) mass is 343 g/mol. The van der Waals surface area contributed by atoms with Gasteiger partial charge < -0.3 is 5.11 Å². The molecule has 0 aromatic carbocycles. The van der Waals surface area contributed by atoms with Crippen molar-refractivity contribution in [1.29, 1.82) is 0 Å². The minimum absolute atomic E-state index is 0.0214. The van der Waals surface area contributed by atoms with E-state index in [1.807, 2.05) is 18.3 Å².